The van der Waals surface area contributed by atoms with Crippen molar-refractivity contribution < 1.29 is 33.2 Å². The topological polar surface area (TPSA) is 64.6 Å². The van der Waals surface area contributed by atoms with Crippen molar-refractivity contribution in [2.75, 3.05) is 41.3 Å². The number of ether oxygens (including phenoxy) is 7. The molecule has 0 radical (unpaired) electrons. The van der Waals surface area contributed by atoms with E-state index in [9.17, 15) is 0 Å². The van der Waals surface area contributed by atoms with Crippen molar-refractivity contribution >= 4 is 0 Å². The molecule has 0 aromatic heterocycles. The molecule has 154 valence electrons. The van der Waals surface area contributed by atoms with Crippen LogP contribution in [-0.2, 0) is 9.47 Å². The van der Waals surface area contributed by atoms with Gasteiger partial charge in [0.05, 0.1) is 46.8 Å². The van der Waals surface area contributed by atoms with Gasteiger partial charge in [-0.2, -0.15) is 0 Å². The third-order valence-electron chi connectivity index (χ3n) is 6.01. The molecule has 7 nitrogen and oxygen atoms in total. The van der Waals surface area contributed by atoms with Crippen molar-refractivity contribution in [1.82, 2.24) is 0 Å². The summed E-state index contributed by atoms with van der Waals surface area (Å²) in [5.41, 5.74) is 2.10. The van der Waals surface area contributed by atoms with Crippen LogP contribution in [0.25, 0.3) is 0 Å². The molecule has 5 rings (SSSR count). The summed E-state index contributed by atoms with van der Waals surface area (Å²) in [5, 5.41) is 0. The zero-order chi connectivity index (χ0) is 20.0. The van der Waals surface area contributed by atoms with Crippen LogP contribution in [0.3, 0.4) is 0 Å². The van der Waals surface area contributed by atoms with Crippen LogP contribution < -0.4 is 23.7 Å². The lowest BCUT2D eigenvalue weighted by Gasteiger charge is -2.18. The first-order chi connectivity index (χ1) is 14.2. The molecule has 3 aliphatic rings. The minimum atomic E-state index is -0.0754. The normalized spacial score (nSPS) is 27.0. The Balaban J connectivity index is 1.41. The minimum absolute atomic E-state index is 0.0410. The molecular formula is C22H24O7. The molecule has 2 aromatic carbocycles. The molecule has 0 spiro atoms. The molecule has 3 heterocycles. The Morgan fingerprint density at radius 1 is 0.724 bits per heavy atom. The maximum absolute atomic E-state index is 6.23. The zero-order valence-corrected chi connectivity index (χ0v) is 16.7. The van der Waals surface area contributed by atoms with E-state index in [-0.39, 0.29) is 30.8 Å². The van der Waals surface area contributed by atoms with Gasteiger partial charge in [-0.3, -0.25) is 0 Å². The third kappa shape index (κ3) is 2.96. The summed E-state index contributed by atoms with van der Waals surface area (Å²) in [6.45, 7) is 1.47. The van der Waals surface area contributed by atoms with Crippen LogP contribution in [0.15, 0.2) is 30.3 Å². The highest BCUT2D eigenvalue weighted by atomic mass is 16.7. The lowest BCUT2D eigenvalue weighted by atomic mass is 9.85. The number of fused-ring (bicyclic) bond motifs is 2. The average molecular weight is 400 g/mol. The molecule has 0 N–H and O–H groups in total. The van der Waals surface area contributed by atoms with E-state index in [0.29, 0.717) is 42.0 Å². The van der Waals surface area contributed by atoms with Gasteiger partial charge >= 0.3 is 0 Å². The van der Waals surface area contributed by atoms with Crippen LogP contribution in [0.2, 0.25) is 0 Å². The number of hydrogen-bond acceptors (Lipinski definition) is 7. The van der Waals surface area contributed by atoms with E-state index < -0.39 is 0 Å². The van der Waals surface area contributed by atoms with E-state index in [2.05, 4.69) is 0 Å². The van der Waals surface area contributed by atoms with Crippen molar-refractivity contribution in [3.05, 3.63) is 41.5 Å². The van der Waals surface area contributed by atoms with Crippen molar-refractivity contribution in [1.29, 1.82) is 0 Å². The molecule has 4 atom stereocenters. The molecule has 0 saturated carbocycles. The number of rotatable bonds is 5. The van der Waals surface area contributed by atoms with Gasteiger partial charge in [0.1, 0.15) is 0 Å². The summed E-state index contributed by atoms with van der Waals surface area (Å²) < 4.78 is 39.8. The van der Waals surface area contributed by atoms with Gasteiger partial charge < -0.3 is 33.2 Å². The predicted molar refractivity (Wildman–Crippen MR) is 103 cm³/mol. The number of benzene rings is 2. The van der Waals surface area contributed by atoms with Crippen molar-refractivity contribution in [3.63, 3.8) is 0 Å². The molecular weight excluding hydrogens is 376 g/mol. The Morgan fingerprint density at radius 2 is 1.38 bits per heavy atom. The summed E-state index contributed by atoms with van der Waals surface area (Å²) >= 11 is 0. The molecule has 0 amide bonds. The van der Waals surface area contributed by atoms with E-state index >= 15 is 0 Å². The molecule has 0 aliphatic carbocycles. The summed E-state index contributed by atoms with van der Waals surface area (Å²) in [6, 6.07) is 9.90. The molecule has 29 heavy (non-hydrogen) atoms. The van der Waals surface area contributed by atoms with Gasteiger partial charge in [-0.05, 0) is 35.4 Å². The van der Waals surface area contributed by atoms with Gasteiger partial charge in [-0.15, -0.1) is 0 Å². The maximum Gasteiger partial charge on any atom is 0.231 e. The summed E-state index contributed by atoms with van der Waals surface area (Å²) in [7, 11) is 4.90. The largest absolute Gasteiger partial charge is 0.493 e. The first-order valence-electron chi connectivity index (χ1n) is 9.66. The zero-order valence-electron chi connectivity index (χ0n) is 16.7. The Labute approximate surface area is 169 Å². The summed E-state index contributed by atoms with van der Waals surface area (Å²) in [5.74, 6) is 3.93. The molecule has 7 heteroatoms. The Bertz CT molecular complexity index is 912. The lowest BCUT2D eigenvalue weighted by molar-refractivity contribution is 0.0191. The van der Waals surface area contributed by atoms with E-state index in [0.717, 1.165) is 11.1 Å². The van der Waals surface area contributed by atoms with Crippen molar-refractivity contribution in [2.45, 2.75) is 12.2 Å². The van der Waals surface area contributed by atoms with E-state index in [4.69, 9.17) is 33.2 Å². The second-order valence-electron chi connectivity index (χ2n) is 7.41. The van der Waals surface area contributed by atoms with Gasteiger partial charge in [0.2, 0.25) is 12.5 Å². The van der Waals surface area contributed by atoms with Gasteiger partial charge in [-0.25, -0.2) is 0 Å². The molecule has 2 aromatic rings. The van der Waals surface area contributed by atoms with Crippen LogP contribution in [0, 0.1) is 11.8 Å². The highest BCUT2D eigenvalue weighted by molar-refractivity contribution is 5.55. The van der Waals surface area contributed by atoms with Crippen LogP contribution >= 0.6 is 0 Å². The smallest absolute Gasteiger partial charge is 0.231 e. The van der Waals surface area contributed by atoms with Gasteiger partial charge in [-0.1, -0.05) is 6.07 Å². The van der Waals surface area contributed by atoms with E-state index in [1.165, 1.54) is 0 Å². The first-order valence-corrected chi connectivity index (χ1v) is 9.66. The minimum Gasteiger partial charge on any atom is -0.493 e. The van der Waals surface area contributed by atoms with Crippen LogP contribution in [-0.4, -0.2) is 41.3 Å². The first kappa shape index (κ1) is 18.4. The van der Waals surface area contributed by atoms with Gasteiger partial charge in [0.15, 0.2) is 23.0 Å². The van der Waals surface area contributed by atoms with Crippen LogP contribution in [0.1, 0.15) is 23.3 Å². The Kier molecular flexibility index (Phi) is 4.64. The number of hydrogen-bond donors (Lipinski definition) is 0. The second-order valence-corrected chi connectivity index (χ2v) is 7.41. The highest BCUT2D eigenvalue weighted by Crippen LogP contribution is 2.53. The lowest BCUT2D eigenvalue weighted by Crippen LogP contribution is -2.14. The quantitative estimate of drug-likeness (QED) is 0.761. The fourth-order valence-electron chi connectivity index (χ4n) is 4.58. The van der Waals surface area contributed by atoms with E-state index in [1.54, 1.807) is 21.3 Å². The molecule has 2 saturated heterocycles. The molecule has 2 fully saturated rings. The van der Waals surface area contributed by atoms with Crippen LogP contribution in [0.5, 0.6) is 28.7 Å². The van der Waals surface area contributed by atoms with Gasteiger partial charge in [0, 0.05) is 11.8 Å². The van der Waals surface area contributed by atoms with E-state index in [1.807, 2.05) is 30.3 Å². The second kappa shape index (κ2) is 7.31. The third-order valence-corrected chi connectivity index (χ3v) is 6.01. The number of methoxy groups -OCH3 is 3. The maximum atomic E-state index is 6.23. The standard InChI is InChI=1S/C22H24O7/c1-23-16-5-4-12(6-17(16)24-2)20-14-9-27-21(15(14)10-26-20)13-7-18(25-3)22-19(8-13)28-11-29-22/h4-8,14-15,20-21H,9-11H2,1-3H3/t14-,15+,20+,21+/m1/s1. The predicted octanol–water partition coefficient (Wildman–Crippen LogP) is 3.52. The monoisotopic (exact) mass is 400 g/mol. The highest BCUT2D eigenvalue weighted by Gasteiger charge is 2.48. The SMILES string of the molecule is COc1ccc([C@@H]2OC[C@H]3[C@H]2CO[C@H]3c2cc(OC)c3c(c2)OCO3)cc1OC. The van der Waals surface area contributed by atoms with Crippen molar-refractivity contribution in [3.8, 4) is 28.7 Å². The molecule has 3 aliphatic heterocycles. The van der Waals surface area contributed by atoms with Gasteiger partial charge in [0.25, 0.3) is 0 Å². The average Bonchev–Trinajstić information content (AvgIpc) is 3.48. The Hall–Kier alpha value is -2.64. The molecule has 0 bridgehead atoms. The van der Waals surface area contributed by atoms with Crippen molar-refractivity contribution in [2.24, 2.45) is 11.8 Å². The van der Waals surface area contributed by atoms with Crippen LogP contribution in [0.4, 0.5) is 0 Å². The summed E-state index contributed by atoms with van der Waals surface area (Å²) in [6.07, 6.45) is -0.116. The fourth-order valence-corrected chi connectivity index (χ4v) is 4.58. The molecule has 0 unspecified atom stereocenters. The summed E-state index contributed by atoms with van der Waals surface area (Å²) in [4.78, 5) is 0. The Morgan fingerprint density at radius 3 is 2.07 bits per heavy atom. The fraction of sp³-hybridized carbons (Fsp3) is 0.455.